The summed E-state index contributed by atoms with van der Waals surface area (Å²) in [4.78, 5) is 16.3. The normalized spacial score (nSPS) is 16.1. The summed E-state index contributed by atoms with van der Waals surface area (Å²) in [5, 5.41) is 13.1. The smallest absolute Gasteiger partial charge is 0.343 e. The zero-order chi connectivity index (χ0) is 18.0. The van der Waals surface area contributed by atoms with E-state index in [4.69, 9.17) is 9.47 Å². The number of hydrogen-bond donors (Lipinski definition) is 2. The summed E-state index contributed by atoms with van der Waals surface area (Å²) < 4.78 is 10.9. The molecule has 0 radical (unpaired) electrons. The van der Waals surface area contributed by atoms with Crippen LogP contribution < -0.4 is 10.1 Å². The number of aromatic nitrogens is 1. The largest absolute Gasteiger partial charge is 0.491 e. The van der Waals surface area contributed by atoms with Gasteiger partial charge in [0, 0.05) is 18.3 Å². The number of aliphatic hydroxyl groups excluding tert-OH is 1. The molecule has 0 fully saturated rings. The standard InChI is InChI=1S/C19H22N2O4/c1-12-4-6-14(7-5-12)24-11-13(22)10-21-17-16-15(8-9-20-17)19(2,3)25-18(16)23/h4-9,13,22H,10-11H2,1-3H3,(H,20,21). The number of carbonyl (C=O) groups excluding carboxylic acids is 1. The molecule has 1 aliphatic rings. The molecule has 2 heterocycles. The fraction of sp³-hybridized carbons (Fsp3) is 0.368. The molecular weight excluding hydrogens is 320 g/mol. The minimum Gasteiger partial charge on any atom is -0.491 e. The Morgan fingerprint density at radius 3 is 2.72 bits per heavy atom. The Morgan fingerprint density at radius 2 is 2.00 bits per heavy atom. The SMILES string of the molecule is Cc1ccc(OCC(O)CNc2nccc3c2C(=O)OC3(C)C)cc1. The molecule has 3 rings (SSSR count). The Kier molecular flexibility index (Phi) is 4.63. The maximum Gasteiger partial charge on any atom is 0.343 e. The van der Waals surface area contributed by atoms with Gasteiger partial charge in [0.2, 0.25) is 0 Å². The fourth-order valence-corrected chi connectivity index (χ4v) is 2.74. The van der Waals surface area contributed by atoms with Crippen molar-refractivity contribution in [3.63, 3.8) is 0 Å². The molecule has 1 aromatic heterocycles. The van der Waals surface area contributed by atoms with E-state index in [0.717, 1.165) is 11.1 Å². The maximum absolute atomic E-state index is 12.1. The topological polar surface area (TPSA) is 80.7 Å². The number of benzene rings is 1. The van der Waals surface area contributed by atoms with E-state index in [0.29, 0.717) is 17.1 Å². The van der Waals surface area contributed by atoms with Gasteiger partial charge in [-0.3, -0.25) is 0 Å². The summed E-state index contributed by atoms with van der Waals surface area (Å²) in [6.45, 7) is 6.03. The number of anilines is 1. The molecule has 0 saturated carbocycles. The first-order valence-corrected chi connectivity index (χ1v) is 8.21. The summed E-state index contributed by atoms with van der Waals surface area (Å²) >= 11 is 0. The van der Waals surface area contributed by atoms with Crippen LogP contribution in [0.15, 0.2) is 36.5 Å². The van der Waals surface area contributed by atoms with Crippen molar-refractivity contribution in [1.82, 2.24) is 4.98 Å². The van der Waals surface area contributed by atoms with Crippen LogP contribution in [0.1, 0.15) is 35.3 Å². The molecule has 1 atom stereocenters. The minimum atomic E-state index is -0.746. The Labute approximate surface area is 146 Å². The Balaban J connectivity index is 1.60. The Bertz CT molecular complexity index is 771. The number of rotatable bonds is 6. The zero-order valence-electron chi connectivity index (χ0n) is 14.6. The highest BCUT2D eigenvalue weighted by atomic mass is 16.6. The van der Waals surface area contributed by atoms with Crippen molar-refractivity contribution in [3.05, 3.63) is 53.2 Å². The van der Waals surface area contributed by atoms with E-state index in [9.17, 15) is 9.90 Å². The molecule has 2 aromatic rings. The van der Waals surface area contributed by atoms with Crippen molar-refractivity contribution in [1.29, 1.82) is 0 Å². The van der Waals surface area contributed by atoms with E-state index in [-0.39, 0.29) is 13.2 Å². The van der Waals surface area contributed by atoms with E-state index in [1.54, 1.807) is 12.3 Å². The molecule has 1 aromatic carbocycles. The van der Waals surface area contributed by atoms with Gasteiger partial charge in [-0.15, -0.1) is 0 Å². The van der Waals surface area contributed by atoms with Crippen LogP contribution in [-0.4, -0.2) is 35.3 Å². The van der Waals surface area contributed by atoms with Crippen molar-refractivity contribution in [2.75, 3.05) is 18.5 Å². The van der Waals surface area contributed by atoms with Crippen LogP contribution in [0.3, 0.4) is 0 Å². The number of pyridine rings is 1. The molecule has 0 spiro atoms. The minimum absolute atomic E-state index is 0.140. The summed E-state index contributed by atoms with van der Waals surface area (Å²) in [5.41, 5.74) is 1.70. The van der Waals surface area contributed by atoms with Gasteiger partial charge in [-0.05, 0) is 39.0 Å². The molecule has 25 heavy (non-hydrogen) atoms. The Hall–Kier alpha value is -2.60. The van der Waals surface area contributed by atoms with E-state index in [1.807, 2.05) is 45.0 Å². The highest BCUT2D eigenvalue weighted by molar-refractivity contribution is 5.99. The second-order valence-electron chi connectivity index (χ2n) is 6.64. The predicted molar refractivity (Wildman–Crippen MR) is 93.8 cm³/mol. The monoisotopic (exact) mass is 342 g/mol. The predicted octanol–water partition coefficient (Wildman–Crippen LogP) is 2.65. The van der Waals surface area contributed by atoms with Gasteiger partial charge in [0.05, 0.1) is 0 Å². The van der Waals surface area contributed by atoms with Gasteiger partial charge in [-0.2, -0.15) is 0 Å². The quantitative estimate of drug-likeness (QED) is 0.786. The third-order valence-corrected chi connectivity index (χ3v) is 4.12. The van der Waals surface area contributed by atoms with Gasteiger partial charge in [0.25, 0.3) is 0 Å². The molecule has 0 amide bonds. The first-order valence-electron chi connectivity index (χ1n) is 8.21. The summed E-state index contributed by atoms with van der Waals surface area (Å²) in [5.74, 6) is 0.720. The Morgan fingerprint density at radius 1 is 1.28 bits per heavy atom. The average molecular weight is 342 g/mol. The van der Waals surface area contributed by atoms with E-state index in [2.05, 4.69) is 10.3 Å². The van der Waals surface area contributed by atoms with Crippen LogP contribution >= 0.6 is 0 Å². The molecular formula is C19H22N2O4. The van der Waals surface area contributed by atoms with E-state index >= 15 is 0 Å². The van der Waals surface area contributed by atoms with Crippen LogP contribution in [-0.2, 0) is 10.3 Å². The van der Waals surface area contributed by atoms with Crippen molar-refractivity contribution >= 4 is 11.8 Å². The van der Waals surface area contributed by atoms with Crippen molar-refractivity contribution in [3.8, 4) is 5.75 Å². The lowest BCUT2D eigenvalue weighted by atomic mass is 9.97. The van der Waals surface area contributed by atoms with Gasteiger partial charge < -0.3 is 19.9 Å². The van der Waals surface area contributed by atoms with Gasteiger partial charge in [0.1, 0.15) is 35.4 Å². The fourth-order valence-electron chi connectivity index (χ4n) is 2.74. The number of nitrogens with zero attached hydrogens (tertiary/aromatic N) is 1. The van der Waals surface area contributed by atoms with Gasteiger partial charge >= 0.3 is 5.97 Å². The van der Waals surface area contributed by atoms with Crippen LogP contribution in [0.5, 0.6) is 5.75 Å². The highest BCUT2D eigenvalue weighted by Crippen LogP contribution is 2.38. The lowest BCUT2D eigenvalue weighted by molar-refractivity contribution is 0.00957. The highest BCUT2D eigenvalue weighted by Gasteiger charge is 2.39. The number of hydrogen-bond acceptors (Lipinski definition) is 6. The van der Waals surface area contributed by atoms with Crippen LogP contribution in [0.25, 0.3) is 0 Å². The second kappa shape index (κ2) is 6.72. The molecule has 2 N–H and O–H groups in total. The van der Waals surface area contributed by atoms with Crippen molar-refractivity contribution in [2.45, 2.75) is 32.5 Å². The van der Waals surface area contributed by atoms with Crippen LogP contribution in [0, 0.1) is 6.92 Å². The number of aliphatic hydroxyl groups is 1. The summed E-state index contributed by atoms with van der Waals surface area (Å²) in [6.07, 6.45) is 0.879. The lowest BCUT2D eigenvalue weighted by Crippen LogP contribution is -2.27. The third kappa shape index (κ3) is 3.74. The molecule has 1 unspecified atom stereocenters. The number of nitrogens with one attached hydrogen (secondary N) is 1. The number of esters is 1. The molecule has 0 saturated heterocycles. The molecule has 6 nitrogen and oxygen atoms in total. The zero-order valence-corrected chi connectivity index (χ0v) is 14.6. The van der Waals surface area contributed by atoms with Gasteiger partial charge in [0.15, 0.2) is 0 Å². The second-order valence-corrected chi connectivity index (χ2v) is 6.64. The molecule has 0 bridgehead atoms. The number of carbonyl (C=O) groups is 1. The summed E-state index contributed by atoms with van der Waals surface area (Å²) in [7, 11) is 0. The van der Waals surface area contributed by atoms with Crippen molar-refractivity contribution in [2.24, 2.45) is 0 Å². The molecule has 132 valence electrons. The van der Waals surface area contributed by atoms with Crippen molar-refractivity contribution < 1.29 is 19.4 Å². The number of fused-ring (bicyclic) bond motifs is 1. The number of cyclic esters (lactones) is 1. The van der Waals surface area contributed by atoms with E-state index in [1.165, 1.54) is 0 Å². The maximum atomic E-state index is 12.1. The van der Waals surface area contributed by atoms with Crippen LogP contribution in [0.2, 0.25) is 0 Å². The first kappa shape index (κ1) is 17.2. The average Bonchev–Trinajstić information content (AvgIpc) is 2.82. The van der Waals surface area contributed by atoms with Gasteiger partial charge in [-0.1, -0.05) is 17.7 Å². The lowest BCUT2D eigenvalue weighted by Gasteiger charge is -2.17. The molecule has 6 heteroatoms. The number of ether oxygens (including phenoxy) is 2. The number of aryl methyl sites for hydroxylation is 1. The molecule has 0 aliphatic carbocycles. The van der Waals surface area contributed by atoms with Crippen LogP contribution in [0.4, 0.5) is 5.82 Å². The molecule has 1 aliphatic heterocycles. The summed E-state index contributed by atoms with van der Waals surface area (Å²) in [6, 6.07) is 9.40. The third-order valence-electron chi connectivity index (χ3n) is 4.12. The first-order chi connectivity index (χ1) is 11.9. The van der Waals surface area contributed by atoms with Gasteiger partial charge in [-0.25, -0.2) is 9.78 Å². The van der Waals surface area contributed by atoms with E-state index < -0.39 is 17.7 Å².